The van der Waals surface area contributed by atoms with Gasteiger partial charge < -0.3 is 10.6 Å². The predicted octanol–water partition coefficient (Wildman–Crippen LogP) is 1.35. The van der Waals surface area contributed by atoms with E-state index in [0.29, 0.717) is 24.1 Å². The van der Waals surface area contributed by atoms with Gasteiger partial charge in [0.05, 0.1) is 0 Å². The van der Waals surface area contributed by atoms with Gasteiger partial charge in [-0.05, 0) is 31.0 Å². The minimum Gasteiger partial charge on any atom is -0.344 e. The van der Waals surface area contributed by atoms with Crippen molar-refractivity contribution in [2.45, 2.75) is 25.8 Å². The van der Waals surface area contributed by atoms with E-state index >= 15 is 0 Å². The zero-order valence-electron chi connectivity index (χ0n) is 9.42. The highest BCUT2D eigenvalue weighted by Gasteiger charge is 2.27. The number of carbonyl (C=O) groups is 2. The zero-order chi connectivity index (χ0) is 12.4. The van der Waals surface area contributed by atoms with Gasteiger partial charge in [0.15, 0.2) is 0 Å². The molecule has 0 aromatic heterocycles. The van der Waals surface area contributed by atoms with Crippen LogP contribution in [0.25, 0.3) is 0 Å². The summed E-state index contributed by atoms with van der Waals surface area (Å²) >= 11 is 0. The third-order valence-corrected chi connectivity index (χ3v) is 2.75. The first kappa shape index (κ1) is 11.6. The van der Waals surface area contributed by atoms with Crippen molar-refractivity contribution in [3.63, 3.8) is 0 Å². The highest BCUT2D eigenvalue weighted by Crippen LogP contribution is 2.15. The fourth-order valence-corrected chi connectivity index (χ4v) is 1.71. The van der Waals surface area contributed by atoms with Crippen molar-refractivity contribution >= 4 is 17.5 Å². The molecule has 1 aromatic rings. The molecule has 1 aliphatic heterocycles. The lowest BCUT2D eigenvalue weighted by Gasteiger charge is -2.11. The summed E-state index contributed by atoms with van der Waals surface area (Å²) in [5, 5.41) is 5.13. The second-order valence-electron chi connectivity index (χ2n) is 4.11. The van der Waals surface area contributed by atoms with Crippen LogP contribution in [0.15, 0.2) is 18.2 Å². The highest BCUT2D eigenvalue weighted by atomic mass is 19.1. The Kier molecular flexibility index (Phi) is 3.08. The number of hydrogen-bond donors (Lipinski definition) is 2. The number of carbonyl (C=O) groups excluding carboxylic acids is 2. The van der Waals surface area contributed by atoms with Gasteiger partial charge in [0.25, 0.3) is 0 Å². The van der Waals surface area contributed by atoms with Crippen LogP contribution in [-0.4, -0.2) is 17.9 Å². The second kappa shape index (κ2) is 4.53. The maximum absolute atomic E-state index is 13.2. The number of aryl methyl sites for hydroxylation is 1. The SMILES string of the molecule is Cc1ccc(NC(=O)C2CCC(=O)N2)cc1F. The van der Waals surface area contributed by atoms with Crippen LogP contribution in [0.2, 0.25) is 0 Å². The second-order valence-corrected chi connectivity index (χ2v) is 4.11. The Bertz CT molecular complexity index is 474. The molecule has 0 bridgehead atoms. The molecule has 2 rings (SSSR count). The highest BCUT2D eigenvalue weighted by molar-refractivity contribution is 5.98. The van der Waals surface area contributed by atoms with E-state index in [4.69, 9.17) is 0 Å². The fraction of sp³-hybridized carbons (Fsp3) is 0.333. The summed E-state index contributed by atoms with van der Waals surface area (Å²) in [5.74, 6) is -0.794. The van der Waals surface area contributed by atoms with Crippen LogP contribution >= 0.6 is 0 Å². The van der Waals surface area contributed by atoms with Gasteiger partial charge in [-0.3, -0.25) is 9.59 Å². The normalized spacial score (nSPS) is 18.9. The van der Waals surface area contributed by atoms with Gasteiger partial charge in [-0.15, -0.1) is 0 Å². The molecule has 5 heteroatoms. The Morgan fingerprint density at radius 2 is 2.29 bits per heavy atom. The molecule has 1 aliphatic rings. The molecule has 0 saturated carbocycles. The Labute approximate surface area is 98.2 Å². The maximum atomic E-state index is 13.2. The third kappa shape index (κ3) is 2.61. The number of benzene rings is 1. The number of hydrogen-bond acceptors (Lipinski definition) is 2. The number of nitrogens with one attached hydrogen (secondary N) is 2. The summed E-state index contributed by atoms with van der Waals surface area (Å²) in [7, 11) is 0. The van der Waals surface area contributed by atoms with Gasteiger partial charge in [-0.2, -0.15) is 0 Å². The predicted molar refractivity (Wildman–Crippen MR) is 60.9 cm³/mol. The van der Waals surface area contributed by atoms with E-state index in [2.05, 4.69) is 10.6 Å². The molecule has 1 atom stereocenters. The zero-order valence-corrected chi connectivity index (χ0v) is 9.42. The fourth-order valence-electron chi connectivity index (χ4n) is 1.71. The Morgan fingerprint density at radius 1 is 1.53 bits per heavy atom. The molecular formula is C12H13FN2O2. The number of anilines is 1. The smallest absolute Gasteiger partial charge is 0.246 e. The molecule has 1 aromatic carbocycles. The molecule has 2 amide bonds. The lowest BCUT2D eigenvalue weighted by Crippen LogP contribution is -2.37. The van der Waals surface area contributed by atoms with Crippen molar-refractivity contribution in [2.75, 3.05) is 5.32 Å². The lowest BCUT2D eigenvalue weighted by molar-refractivity contribution is -0.122. The van der Waals surface area contributed by atoms with E-state index in [1.54, 1.807) is 19.1 Å². The average molecular weight is 236 g/mol. The van der Waals surface area contributed by atoms with E-state index < -0.39 is 6.04 Å². The number of amides is 2. The van der Waals surface area contributed by atoms with Crippen molar-refractivity contribution in [3.8, 4) is 0 Å². The molecule has 90 valence electrons. The first-order chi connectivity index (χ1) is 8.06. The maximum Gasteiger partial charge on any atom is 0.246 e. The monoisotopic (exact) mass is 236 g/mol. The van der Waals surface area contributed by atoms with Gasteiger partial charge in [0.1, 0.15) is 11.9 Å². The molecule has 0 aliphatic carbocycles. The van der Waals surface area contributed by atoms with Crippen LogP contribution in [-0.2, 0) is 9.59 Å². The van der Waals surface area contributed by atoms with E-state index in [9.17, 15) is 14.0 Å². The van der Waals surface area contributed by atoms with Gasteiger partial charge in [-0.1, -0.05) is 6.07 Å². The molecule has 4 nitrogen and oxygen atoms in total. The average Bonchev–Trinajstić information content (AvgIpc) is 2.70. The largest absolute Gasteiger partial charge is 0.344 e. The Balaban J connectivity index is 2.03. The van der Waals surface area contributed by atoms with Crippen LogP contribution < -0.4 is 10.6 Å². The van der Waals surface area contributed by atoms with Crippen LogP contribution in [0.1, 0.15) is 18.4 Å². The quantitative estimate of drug-likeness (QED) is 0.814. The third-order valence-electron chi connectivity index (χ3n) is 2.75. The summed E-state index contributed by atoms with van der Waals surface area (Å²) in [4.78, 5) is 22.7. The van der Waals surface area contributed by atoms with E-state index in [0.717, 1.165) is 0 Å². The Morgan fingerprint density at radius 3 is 2.88 bits per heavy atom. The molecule has 1 heterocycles. The summed E-state index contributed by atoms with van der Waals surface area (Å²) in [6.45, 7) is 1.65. The van der Waals surface area contributed by atoms with Gasteiger partial charge in [0.2, 0.25) is 11.8 Å². The van der Waals surface area contributed by atoms with Crippen molar-refractivity contribution in [1.82, 2.24) is 5.32 Å². The summed E-state index contributed by atoms with van der Waals surface area (Å²) in [6, 6.07) is 3.99. The topological polar surface area (TPSA) is 58.2 Å². The molecular weight excluding hydrogens is 223 g/mol. The molecule has 0 spiro atoms. The van der Waals surface area contributed by atoms with Crippen LogP contribution in [0, 0.1) is 12.7 Å². The van der Waals surface area contributed by atoms with E-state index in [1.807, 2.05) is 0 Å². The van der Waals surface area contributed by atoms with E-state index in [-0.39, 0.29) is 17.6 Å². The van der Waals surface area contributed by atoms with Crippen molar-refractivity contribution in [3.05, 3.63) is 29.6 Å². The summed E-state index contributed by atoms with van der Waals surface area (Å²) in [5.41, 5.74) is 0.927. The molecule has 17 heavy (non-hydrogen) atoms. The van der Waals surface area contributed by atoms with Gasteiger partial charge >= 0.3 is 0 Å². The van der Waals surface area contributed by atoms with Crippen molar-refractivity contribution in [1.29, 1.82) is 0 Å². The number of halogens is 1. The summed E-state index contributed by atoms with van der Waals surface area (Å²) in [6.07, 6.45) is 0.847. The van der Waals surface area contributed by atoms with Crippen molar-refractivity contribution in [2.24, 2.45) is 0 Å². The molecule has 1 saturated heterocycles. The van der Waals surface area contributed by atoms with Crippen LogP contribution in [0.5, 0.6) is 0 Å². The standard InChI is InChI=1S/C12H13FN2O2/c1-7-2-3-8(6-9(7)13)14-12(17)10-4-5-11(16)15-10/h2-3,6,10H,4-5H2,1H3,(H,14,17)(H,15,16). The van der Waals surface area contributed by atoms with Crippen LogP contribution in [0.4, 0.5) is 10.1 Å². The minimum atomic E-state index is -0.508. The minimum absolute atomic E-state index is 0.125. The summed E-state index contributed by atoms with van der Waals surface area (Å²) < 4.78 is 13.2. The first-order valence-corrected chi connectivity index (χ1v) is 5.42. The van der Waals surface area contributed by atoms with Crippen molar-refractivity contribution < 1.29 is 14.0 Å². The lowest BCUT2D eigenvalue weighted by atomic mass is 10.2. The van der Waals surface area contributed by atoms with E-state index in [1.165, 1.54) is 6.07 Å². The molecule has 0 radical (unpaired) electrons. The molecule has 1 fully saturated rings. The number of rotatable bonds is 2. The Hall–Kier alpha value is -1.91. The van der Waals surface area contributed by atoms with Crippen LogP contribution in [0.3, 0.4) is 0 Å². The molecule has 1 unspecified atom stereocenters. The van der Waals surface area contributed by atoms with Gasteiger partial charge in [-0.25, -0.2) is 4.39 Å². The first-order valence-electron chi connectivity index (χ1n) is 5.42. The van der Waals surface area contributed by atoms with Gasteiger partial charge in [0, 0.05) is 12.1 Å². The molecule has 2 N–H and O–H groups in total.